The molecule has 0 rings (SSSR count). The van der Waals surface area contributed by atoms with E-state index in [-0.39, 0.29) is 26.1 Å². The first-order valence-electron chi connectivity index (χ1n) is 23.4. The quantitative estimate of drug-likeness (QED) is 0.0154. The van der Waals surface area contributed by atoms with Gasteiger partial charge >= 0.3 is 19.8 Å². The van der Waals surface area contributed by atoms with Crippen LogP contribution < -0.4 is 0 Å². The Labute approximate surface area is 382 Å². The van der Waals surface area contributed by atoms with E-state index >= 15 is 0 Å². The predicted molar refractivity (Wildman–Crippen MR) is 262 cm³/mol. The van der Waals surface area contributed by atoms with Gasteiger partial charge in [-0.25, -0.2) is 4.57 Å². The van der Waals surface area contributed by atoms with Gasteiger partial charge in [0.2, 0.25) is 0 Å². The van der Waals surface area contributed by atoms with Gasteiger partial charge in [0, 0.05) is 12.8 Å². The van der Waals surface area contributed by atoms with Gasteiger partial charge in [0.05, 0.1) is 33.9 Å². The Morgan fingerprint density at radius 1 is 0.587 bits per heavy atom. The van der Waals surface area contributed by atoms with Crippen molar-refractivity contribution >= 4 is 19.8 Å². The van der Waals surface area contributed by atoms with Gasteiger partial charge in [0.15, 0.2) is 6.10 Å². The Hall–Kier alpha value is -3.63. The van der Waals surface area contributed by atoms with E-state index in [1.165, 1.54) is 25.7 Å². The summed E-state index contributed by atoms with van der Waals surface area (Å²) in [4.78, 5) is 35.4. The molecule has 0 amide bonds. The molecule has 2 N–H and O–H groups in total. The summed E-state index contributed by atoms with van der Waals surface area (Å²) in [6, 6.07) is 0. The van der Waals surface area contributed by atoms with E-state index in [0.29, 0.717) is 30.3 Å². The lowest BCUT2D eigenvalue weighted by molar-refractivity contribution is -0.870. The van der Waals surface area contributed by atoms with Crippen LogP contribution in [0.1, 0.15) is 136 Å². The van der Waals surface area contributed by atoms with E-state index < -0.39 is 38.6 Å². The number of esters is 2. The normalized spacial score (nSPS) is 15.1. The van der Waals surface area contributed by atoms with Crippen LogP contribution in [0.2, 0.25) is 0 Å². The van der Waals surface area contributed by atoms with Gasteiger partial charge in [0.25, 0.3) is 0 Å². The summed E-state index contributed by atoms with van der Waals surface area (Å²) in [7, 11) is 1.33. The fourth-order valence-electron chi connectivity index (χ4n) is 5.40. The second kappa shape index (κ2) is 42.3. The molecule has 2 unspecified atom stereocenters. The Kier molecular flexibility index (Phi) is 39.9. The number of aliphatic hydroxyl groups is 1. The number of aliphatic hydroxyl groups excluding tert-OH is 1. The molecule has 0 aromatic rings. The van der Waals surface area contributed by atoms with Crippen molar-refractivity contribution in [1.29, 1.82) is 0 Å². The van der Waals surface area contributed by atoms with Crippen LogP contribution in [-0.4, -0.2) is 86.1 Å². The average molecular weight is 899 g/mol. The number of quaternary nitrogens is 1. The number of phosphoric ester groups is 1. The zero-order valence-electron chi connectivity index (χ0n) is 39.6. The van der Waals surface area contributed by atoms with Crippen LogP contribution in [0.3, 0.4) is 0 Å². The molecule has 10 nitrogen and oxygen atoms in total. The molecule has 0 radical (unpaired) electrons. The molecule has 0 aliphatic heterocycles. The summed E-state index contributed by atoms with van der Waals surface area (Å²) >= 11 is 0. The molecule has 0 bridgehead atoms. The molecule has 0 aromatic heterocycles. The van der Waals surface area contributed by atoms with Crippen molar-refractivity contribution in [2.24, 2.45) is 0 Å². The largest absolute Gasteiger partial charge is 0.472 e. The highest BCUT2D eigenvalue weighted by Crippen LogP contribution is 2.43. The third-order valence-corrected chi connectivity index (χ3v) is 10.1. The van der Waals surface area contributed by atoms with Gasteiger partial charge in [-0.15, -0.1) is 0 Å². The number of rotatable bonds is 40. The van der Waals surface area contributed by atoms with Crippen molar-refractivity contribution in [1.82, 2.24) is 0 Å². The summed E-state index contributed by atoms with van der Waals surface area (Å²) in [5.41, 5.74) is 0. The first-order valence-corrected chi connectivity index (χ1v) is 24.9. The molecule has 0 aromatic carbocycles. The molecule has 0 saturated carbocycles. The maximum Gasteiger partial charge on any atom is 0.472 e. The van der Waals surface area contributed by atoms with Crippen molar-refractivity contribution in [3.05, 3.63) is 122 Å². The van der Waals surface area contributed by atoms with Crippen LogP contribution in [0, 0.1) is 0 Å². The van der Waals surface area contributed by atoms with Gasteiger partial charge in [-0.1, -0.05) is 155 Å². The lowest BCUT2D eigenvalue weighted by Crippen LogP contribution is -2.37. The van der Waals surface area contributed by atoms with Crippen molar-refractivity contribution in [3.8, 4) is 0 Å². The van der Waals surface area contributed by atoms with Gasteiger partial charge < -0.3 is 24.0 Å². The molecular formula is C52H85NO9P+. The third-order valence-electron chi connectivity index (χ3n) is 9.07. The topological polar surface area (TPSA) is 129 Å². The number of ether oxygens (including phenoxy) is 2. The van der Waals surface area contributed by atoms with Gasteiger partial charge in [-0.3, -0.25) is 18.6 Å². The molecule has 11 heteroatoms. The van der Waals surface area contributed by atoms with Gasteiger partial charge in [-0.05, 0) is 89.9 Å². The Morgan fingerprint density at radius 3 is 1.70 bits per heavy atom. The average Bonchev–Trinajstić information content (AvgIpc) is 3.23. The fraction of sp³-hybridized carbons (Fsp3) is 0.577. The maximum atomic E-state index is 12.7. The fourth-order valence-corrected chi connectivity index (χ4v) is 6.14. The van der Waals surface area contributed by atoms with Crippen LogP contribution in [0.25, 0.3) is 0 Å². The first-order chi connectivity index (χ1) is 30.4. The Balaban J connectivity index is 4.63. The van der Waals surface area contributed by atoms with E-state index in [0.717, 1.165) is 64.2 Å². The molecule has 3 atom stereocenters. The van der Waals surface area contributed by atoms with Gasteiger partial charge in [-0.2, -0.15) is 0 Å². The van der Waals surface area contributed by atoms with Crippen molar-refractivity contribution < 1.29 is 47.2 Å². The lowest BCUT2D eigenvalue weighted by atomic mass is 10.1. The zero-order valence-corrected chi connectivity index (χ0v) is 40.5. The van der Waals surface area contributed by atoms with E-state index in [9.17, 15) is 24.2 Å². The van der Waals surface area contributed by atoms with Crippen LogP contribution in [0.4, 0.5) is 0 Å². The minimum Gasteiger partial charge on any atom is -0.462 e. The monoisotopic (exact) mass is 899 g/mol. The lowest BCUT2D eigenvalue weighted by Gasteiger charge is -2.24. The molecule has 0 fully saturated rings. The van der Waals surface area contributed by atoms with E-state index in [1.807, 2.05) is 39.4 Å². The van der Waals surface area contributed by atoms with E-state index in [1.54, 1.807) is 18.2 Å². The maximum absolute atomic E-state index is 12.7. The standard InChI is InChI=1S/C52H84NO9P/c1-6-8-10-12-14-16-18-20-21-22-23-24-25-27-29-31-33-35-39-43-51(55)59-47-50(48-61-63(57,58)60-46-45-53(3,4)5)62-52(56)44-40-36-38-42-49(54)41-37-34-32-30-28-26-19-17-15-13-11-9-7-2/h9,11,14-17,20-21,23-24,26-29,32,34,36-38,41,49-50,54H,6-8,10,12-13,18-19,22,25,30-31,33,35,39-40,42-48H2,1-5H3/p+1/b11-9-,16-14-,17-15-,21-20-,24-23-,28-26-,29-27-,34-32-,38-36-,41-37-/t49?,50-/m1/s1. The summed E-state index contributed by atoms with van der Waals surface area (Å²) in [6.45, 7) is 4.00. The summed E-state index contributed by atoms with van der Waals surface area (Å²) < 4.78 is 34.1. The number of likely N-dealkylation sites (N-methyl/N-ethyl adjacent to an activating group) is 1. The molecular weight excluding hydrogens is 814 g/mol. The van der Waals surface area contributed by atoms with Gasteiger partial charge in [0.1, 0.15) is 19.8 Å². The summed E-state index contributed by atoms with van der Waals surface area (Å²) in [5, 5.41) is 10.3. The predicted octanol–water partition coefficient (Wildman–Crippen LogP) is 12.7. The SMILES string of the molecule is CC/C=C\C/C=C\C/C=C\C/C=C\C=C/C(O)C/C=C\CCC(=O)O[C@H](COC(=O)CCCCC/C=C\C/C=C\C/C=C\C/C=C\CCCCC)COP(=O)(O)OCC[N+](C)(C)C. The molecule has 63 heavy (non-hydrogen) atoms. The van der Waals surface area contributed by atoms with E-state index in [2.05, 4.69) is 98.9 Å². The zero-order chi connectivity index (χ0) is 46.5. The smallest absolute Gasteiger partial charge is 0.462 e. The number of allylic oxidation sites excluding steroid dienone is 18. The number of hydrogen-bond acceptors (Lipinski definition) is 8. The highest BCUT2D eigenvalue weighted by atomic mass is 31.2. The van der Waals surface area contributed by atoms with Crippen LogP contribution >= 0.6 is 7.82 Å². The van der Waals surface area contributed by atoms with Crippen LogP contribution in [-0.2, 0) is 32.7 Å². The van der Waals surface area contributed by atoms with Crippen molar-refractivity contribution in [3.63, 3.8) is 0 Å². The highest BCUT2D eigenvalue weighted by molar-refractivity contribution is 7.47. The first kappa shape index (κ1) is 59.4. The molecule has 0 saturated heterocycles. The summed E-state index contributed by atoms with van der Waals surface area (Å²) in [6.07, 6.45) is 55.7. The minimum absolute atomic E-state index is 0.0135. The molecule has 0 aliphatic carbocycles. The number of unbranched alkanes of at least 4 members (excludes halogenated alkanes) is 6. The number of phosphoric acid groups is 1. The number of nitrogens with zero attached hydrogens (tertiary/aromatic N) is 1. The number of carbonyl (C=O) groups excluding carboxylic acids is 2. The number of hydrogen-bond donors (Lipinski definition) is 2. The summed E-state index contributed by atoms with van der Waals surface area (Å²) in [5.74, 6) is -1.03. The Morgan fingerprint density at radius 2 is 1.13 bits per heavy atom. The second-order valence-corrected chi connectivity index (χ2v) is 17.7. The van der Waals surface area contributed by atoms with E-state index in [4.69, 9.17) is 18.5 Å². The van der Waals surface area contributed by atoms with Crippen molar-refractivity contribution in [2.75, 3.05) is 47.5 Å². The molecule has 356 valence electrons. The van der Waals surface area contributed by atoms with Crippen molar-refractivity contribution in [2.45, 2.75) is 148 Å². The molecule has 0 spiro atoms. The number of carbonyl (C=O) groups is 2. The highest BCUT2D eigenvalue weighted by Gasteiger charge is 2.27. The van der Waals surface area contributed by atoms with Crippen LogP contribution in [0.15, 0.2) is 122 Å². The third kappa shape index (κ3) is 46.2. The Bertz CT molecular complexity index is 1500. The van der Waals surface area contributed by atoms with Crippen LogP contribution in [0.5, 0.6) is 0 Å². The second-order valence-electron chi connectivity index (χ2n) is 16.2. The minimum atomic E-state index is -4.44. The molecule has 0 heterocycles. The molecule has 0 aliphatic rings.